The molecular formula is C86H145NO8P+. The second-order valence-corrected chi connectivity index (χ2v) is 28.1. The number of ether oxygens (including phenoxy) is 2. The zero-order valence-corrected chi connectivity index (χ0v) is 63.2. The molecule has 0 saturated heterocycles. The monoisotopic (exact) mass is 1350 g/mol. The molecular weight excluding hydrogens is 1210 g/mol. The number of nitrogens with zero attached hydrogens (tertiary/aromatic N) is 1. The lowest BCUT2D eigenvalue weighted by atomic mass is 10.0. The van der Waals surface area contributed by atoms with Gasteiger partial charge in [-0.25, -0.2) is 4.57 Å². The van der Waals surface area contributed by atoms with Crippen LogP contribution < -0.4 is 0 Å². The molecule has 2 unspecified atom stereocenters. The average molecular weight is 1350 g/mol. The van der Waals surface area contributed by atoms with Gasteiger partial charge in [0.1, 0.15) is 19.8 Å². The van der Waals surface area contributed by atoms with Gasteiger partial charge in [-0.3, -0.25) is 18.6 Å². The molecule has 2 atom stereocenters. The minimum atomic E-state index is -4.41. The van der Waals surface area contributed by atoms with E-state index in [9.17, 15) is 19.0 Å². The zero-order chi connectivity index (χ0) is 69.7. The number of esters is 2. The molecule has 0 aromatic carbocycles. The van der Waals surface area contributed by atoms with Gasteiger partial charge in [-0.15, -0.1) is 0 Å². The van der Waals surface area contributed by atoms with Gasteiger partial charge in [0.2, 0.25) is 0 Å². The number of phosphoric acid groups is 1. The van der Waals surface area contributed by atoms with Crippen LogP contribution in [0.5, 0.6) is 0 Å². The first-order valence-corrected chi connectivity index (χ1v) is 40.4. The van der Waals surface area contributed by atoms with E-state index in [1.54, 1.807) is 0 Å². The van der Waals surface area contributed by atoms with E-state index in [2.05, 4.69) is 184 Å². The van der Waals surface area contributed by atoms with Crippen molar-refractivity contribution in [3.05, 3.63) is 170 Å². The zero-order valence-electron chi connectivity index (χ0n) is 62.3. The van der Waals surface area contributed by atoms with Crippen LogP contribution in [0.2, 0.25) is 0 Å². The first kappa shape index (κ1) is 91.4. The summed E-state index contributed by atoms with van der Waals surface area (Å²) in [6.07, 6.45) is 113. The summed E-state index contributed by atoms with van der Waals surface area (Å²) in [5.41, 5.74) is 0. The molecule has 0 bridgehead atoms. The maximum Gasteiger partial charge on any atom is 0.472 e. The van der Waals surface area contributed by atoms with Crippen molar-refractivity contribution in [3.8, 4) is 0 Å². The molecule has 96 heavy (non-hydrogen) atoms. The van der Waals surface area contributed by atoms with E-state index in [-0.39, 0.29) is 32.0 Å². The molecule has 0 radical (unpaired) electrons. The summed E-state index contributed by atoms with van der Waals surface area (Å²) in [6.45, 7) is 4.19. The van der Waals surface area contributed by atoms with E-state index in [0.29, 0.717) is 17.4 Å². The number of likely N-dealkylation sites (N-methyl/N-ethyl adjacent to an activating group) is 1. The molecule has 0 amide bonds. The van der Waals surface area contributed by atoms with Gasteiger partial charge in [0.15, 0.2) is 6.10 Å². The van der Waals surface area contributed by atoms with Crippen molar-refractivity contribution < 1.29 is 42.1 Å². The van der Waals surface area contributed by atoms with Crippen LogP contribution in [0, 0.1) is 0 Å². The summed E-state index contributed by atoms with van der Waals surface area (Å²) in [4.78, 5) is 36.0. The number of quaternary nitrogens is 1. The number of carbonyl (C=O) groups excluding carboxylic acids is 2. The maximum atomic E-state index is 12.9. The Morgan fingerprint density at radius 3 is 0.833 bits per heavy atom. The number of hydrogen-bond donors (Lipinski definition) is 1. The second-order valence-electron chi connectivity index (χ2n) is 26.6. The molecule has 0 aromatic heterocycles. The van der Waals surface area contributed by atoms with E-state index in [1.807, 2.05) is 21.1 Å². The molecule has 0 aliphatic heterocycles. The lowest BCUT2D eigenvalue weighted by molar-refractivity contribution is -0.870. The summed E-state index contributed by atoms with van der Waals surface area (Å²) in [6, 6.07) is 0. The number of rotatable bonds is 70. The van der Waals surface area contributed by atoms with E-state index in [4.69, 9.17) is 18.5 Å². The van der Waals surface area contributed by atoms with Gasteiger partial charge < -0.3 is 18.9 Å². The molecule has 546 valence electrons. The van der Waals surface area contributed by atoms with Crippen molar-refractivity contribution >= 4 is 19.8 Å². The van der Waals surface area contributed by atoms with E-state index < -0.39 is 26.5 Å². The lowest BCUT2D eigenvalue weighted by Gasteiger charge is -2.24. The average Bonchev–Trinajstić information content (AvgIpc) is 1.48. The highest BCUT2D eigenvalue weighted by Gasteiger charge is 2.27. The predicted molar refractivity (Wildman–Crippen MR) is 417 cm³/mol. The molecule has 0 fully saturated rings. The van der Waals surface area contributed by atoms with Crippen molar-refractivity contribution in [3.63, 3.8) is 0 Å². The molecule has 9 nitrogen and oxygen atoms in total. The van der Waals surface area contributed by atoms with Gasteiger partial charge in [0.25, 0.3) is 0 Å². The van der Waals surface area contributed by atoms with Crippen molar-refractivity contribution in [2.75, 3.05) is 47.5 Å². The highest BCUT2D eigenvalue weighted by molar-refractivity contribution is 7.47. The van der Waals surface area contributed by atoms with Crippen LogP contribution in [0.15, 0.2) is 170 Å². The SMILES string of the molecule is CC/C=C\C/C=C\C/C=C\C/C=C\C/C=C\C/C=C\C/C=C\C/C=C\C/C=C\CCCCCCCC(=O)OC(COC(=O)CCCCCCCCCCCCCCCCCCCCCCCCC/C=C\C/C=C\C/C=C\C/C=C\C/C=C\CC)COP(=O)(O)OCC[N+](C)(C)C. The fourth-order valence-corrected chi connectivity index (χ4v) is 11.1. The first-order valence-electron chi connectivity index (χ1n) is 38.9. The van der Waals surface area contributed by atoms with Crippen molar-refractivity contribution in [2.24, 2.45) is 0 Å². The minimum absolute atomic E-state index is 0.0207. The summed E-state index contributed by atoms with van der Waals surface area (Å²) in [5.74, 6) is -0.820. The van der Waals surface area contributed by atoms with E-state index in [0.717, 1.165) is 141 Å². The topological polar surface area (TPSA) is 108 Å². The van der Waals surface area contributed by atoms with Crippen LogP contribution >= 0.6 is 7.82 Å². The highest BCUT2D eigenvalue weighted by Crippen LogP contribution is 2.43. The van der Waals surface area contributed by atoms with Crippen LogP contribution in [0.4, 0.5) is 0 Å². The van der Waals surface area contributed by atoms with E-state index in [1.165, 1.54) is 135 Å². The summed E-state index contributed by atoms with van der Waals surface area (Å²) < 4.78 is 34.8. The van der Waals surface area contributed by atoms with Gasteiger partial charge in [-0.2, -0.15) is 0 Å². The van der Waals surface area contributed by atoms with Crippen molar-refractivity contribution in [1.29, 1.82) is 0 Å². The molecule has 0 spiro atoms. The molecule has 0 aliphatic rings. The summed E-state index contributed by atoms with van der Waals surface area (Å²) in [7, 11) is 1.45. The molecule has 1 N–H and O–H groups in total. The number of carbonyl (C=O) groups is 2. The Bertz CT molecular complexity index is 2230. The van der Waals surface area contributed by atoms with E-state index >= 15 is 0 Å². The quantitative estimate of drug-likeness (QED) is 0.0211. The maximum absolute atomic E-state index is 12.9. The Morgan fingerprint density at radius 2 is 0.562 bits per heavy atom. The van der Waals surface area contributed by atoms with Crippen molar-refractivity contribution in [2.45, 2.75) is 315 Å². The van der Waals surface area contributed by atoms with Gasteiger partial charge >= 0.3 is 19.8 Å². The van der Waals surface area contributed by atoms with Gasteiger partial charge in [0, 0.05) is 12.8 Å². The Hall–Kier alpha value is -4.63. The summed E-state index contributed by atoms with van der Waals surface area (Å²) >= 11 is 0. The fourth-order valence-electron chi connectivity index (χ4n) is 10.4. The lowest BCUT2D eigenvalue weighted by Crippen LogP contribution is -2.37. The van der Waals surface area contributed by atoms with Gasteiger partial charge in [0.05, 0.1) is 27.7 Å². The number of phosphoric ester groups is 1. The van der Waals surface area contributed by atoms with Crippen LogP contribution in [0.3, 0.4) is 0 Å². The standard InChI is InChI=1S/C86H144NO8P/c1-6-8-10-12-14-16-18-20-22-24-26-28-30-32-34-36-38-40-41-42-43-44-45-47-48-50-52-54-56-58-60-62-64-66-68-70-72-74-76-78-85(88)92-82-84(83-94-96(90,91)93-81-80-87(3,4)5)95-86(89)79-77-75-73-71-69-67-65-63-61-59-57-55-53-51-49-46-39-37-35-33-31-29-27-25-23-21-19-17-15-13-11-9-7-2/h8-11,14-17,20-23,26-29,32-35,39,46,51,53,57,59,63,65,84H,6-7,12-13,18-19,24-25,30-31,36-38,40-45,47-50,52,54-56,58,60-62,64,66-83H2,1-5H3/p+1/b10-8-,11-9-,16-14-,17-15-,22-20-,23-21-,28-26-,29-27-,34-32-,35-33-,46-39-,53-51-,59-57-,65-63-. The normalized spacial score (nSPS) is 14.0. The second kappa shape index (κ2) is 74.6. The minimum Gasteiger partial charge on any atom is -0.462 e. The number of unbranched alkanes of at least 4 members (excludes halogenated alkanes) is 28. The van der Waals surface area contributed by atoms with Crippen LogP contribution in [-0.2, 0) is 32.7 Å². The Kier molecular flexibility index (Phi) is 71.0. The third kappa shape index (κ3) is 78.4. The molecule has 0 aromatic rings. The molecule has 10 heteroatoms. The van der Waals surface area contributed by atoms with Crippen LogP contribution in [-0.4, -0.2) is 74.9 Å². The highest BCUT2D eigenvalue weighted by atomic mass is 31.2. The molecule has 0 aliphatic carbocycles. The Morgan fingerprint density at radius 1 is 0.323 bits per heavy atom. The number of hydrogen-bond acceptors (Lipinski definition) is 7. The molecule has 0 saturated carbocycles. The fraction of sp³-hybridized carbons (Fsp3) is 0.651. The third-order valence-electron chi connectivity index (χ3n) is 16.2. The predicted octanol–water partition coefficient (Wildman–Crippen LogP) is 26.1. The summed E-state index contributed by atoms with van der Waals surface area (Å²) in [5, 5.41) is 0. The first-order chi connectivity index (χ1) is 47.0. The van der Waals surface area contributed by atoms with Crippen LogP contribution in [0.1, 0.15) is 309 Å². The van der Waals surface area contributed by atoms with Gasteiger partial charge in [-0.05, 0) is 128 Å². The van der Waals surface area contributed by atoms with Crippen LogP contribution in [0.25, 0.3) is 0 Å². The number of allylic oxidation sites excluding steroid dienone is 28. The largest absolute Gasteiger partial charge is 0.472 e. The smallest absolute Gasteiger partial charge is 0.462 e. The molecule has 0 rings (SSSR count). The third-order valence-corrected chi connectivity index (χ3v) is 17.2. The van der Waals surface area contributed by atoms with Gasteiger partial charge in [-0.1, -0.05) is 338 Å². The Balaban J connectivity index is 4.04. The Labute approximate surface area is 591 Å². The van der Waals surface area contributed by atoms with Crippen molar-refractivity contribution in [1.82, 2.24) is 0 Å². The molecule has 0 heterocycles.